The van der Waals surface area contributed by atoms with Crippen LogP contribution in [-0.4, -0.2) is 49.9 Å². The molecule has 1 aliphatic rings. The van der Waals surface area contributed by atoms with Crippen molar-refractivity contribution in [2.45, 2.75) is 31.5 Å². The molecule has 4 rings (SSSR count). The van der Waals surface area contributed by atoms with E-state index in [0.717, 1.165) is 23.4 Å². The van der Waals surface area contributed by atoms with Gasteiger partial charge in [-0.05, 0) is 31.0 Å². The van der Waals surface area contributed by atoms with Gasteiger partial charge in [-0.1, -0.05) is 36.4 Å². The summed E-state index contributed by atoms with van der Waals surface area (Å²) in [5.41, 5.74) is 2.28. The molecule has 0 radical (unpaired) electrons. The van der Waals surface area contributed by atoms with Crippen molar-refractivity contribution in [2.75, 3.05) is 13.1 Å². The first-order valence-corrected chi connectivity index (χ1v) is 10.2. The minimum atomic E-state index is -0.866. The van der Waals surface area contributed by atoms with Crippen LogP contribution in [0.2, 0.25) is 0 Å². The van der Waals surface area contributed by atoms with E-state index in [0.29, 0.717) is 25.2 Å². The Hall–Kier alpha value is -3.03. The highest BCUT2D eigenvalue weighted by Crippen LogP contribution is 2.34. The summed E-state index contributed by atoms with van der Waals surface area (Å²) in [6.07, 6.45) is 3.66. The highest BCUT2D eigenvalue weighted by Gasteiger charge is 2.45. The molecule has 3 aromatic rings. The van der Waals surface area contributed by atoms with Gasteiger partial charge in [-0.15, -0.1) is 0 Å². The summed E-state index contributed by atoms with van der Waals surface area (Å²) in [7, 11) is 1.89. The Labute approximate surface area is 176 Å². The molecule has 2 atom stereocenters. The lowest BCUT2D eigenvalue weighted by Crippen LogP contribution is -2.61. The maximum absolute atomic E-state index is 13.1. The van der Waals surface area contributed by atoms with Crippen molar-refractivity contribution in [3.05, 3.63) is 83.4 Å². The number of hydrogen-bond donors (Lipinski definition) is 2. The number of β-amino-alcohol motifs (C(OH)–C–C–N with tert-alkyl or cyclic N) is 1. The first kappa shape index (κ1) is 20.3. The molecule has 0 saturated carbocycles. The van der Waals surface area contributed by atoms with Crippen molar-refractivity contribution in [1.82, 2.24) is 25.0 Å². The van der Waals surface area contributed by atoms with Crippen LogP contribution in [-0.2, 0) is 19.1 Å². The molecule has 1 fully saturated rings. The van der Waals surface area contributed by atoms with Crippen LogP contribution in [0, 0.1) is 6.92 Å². The van der Waals surface area contributed by atoms with Crippen LogP contribution >= 0.6 is 0 Å². The molecule has 1 aromatic carbocycles. The van der Waals surface area contributed by atoms with Crippen molar-refractivity contribution >= 4 is 5.91 Å². The SMILES string of the molecule is Cc1cccc(C(=O)N[C@@]2(c3ccccc3)CCN(Cc3cnn(C)c3)C[C@H]2O)n1. The van der Waals surface area contributed by atoms with Gasteiger partial charge >= 0.3 is 0 Å². The van der Waals surface area contributed by atoms with Gasteiger partial charge in [-0.2, -0.15) is 5.10 Å². The van der Waals surface area contributed by atoms with Gasteiger partial charge in [-0.3, -0.25) is 14.4 Å². The van der Waals surface area contributed by atoms with E-state index in [2.05, 4.69) is 20.3 Å². The van der Waals surface area contributed by atoms with E-state index in [-0.39, 0.29) is 5.91 Å². The molecule has 7 nitrogen and oxygen atoms in total. The first-order valence-electron chi connectivity index (χ1n) is 10.2. The largest absolute Gasteiger partial charge is 0.389 e. The zero-order chi connectivity index (χ0) is 21.1. The maximum atomic E-state index is 13.1. The van der Waals surface area contributed by atoms with Gasteiger partial charge in [0.2, 0.25) is 0 Å². The predicted molar refractivity (Wildman–Crippen MR) is 114 cm³/mol. The molecule has 0 spiro atoms. The van der Waals surface area contributed by atoms with E-state index in [9.17, 15) is 9.90 Å². The van der Waals surface area contributed by atoms with Gasteiger partial charge in [0.15, 0.2) is 0 Å². The summed E-state index contributed by atoms with van der Waals surface area (Å²) >= 11 is 0. The van der Waals surface area contributed by atoms with Crippen LogP contribution < -0.4 is 5.32 Å². The number of amides is 1. The number of piperidine rings is 1. The number of rotatable bonds is 5. The molecule has 0 bridgehead atoms. The lowest BCUT2D eigenvalue weighted by Gasteiger charge is -2.46. The normalized spacial score (nSPS) is 22.0. The summed E-state index contributed by atoms with van der Waals surface area (Å²) in [6.45, 7) is 3.76. The molecule has 0 unspecified atom stereocenters. The second kappa shape index (κ2) is 8.38. The third-order valence-corrected chi connectivity index (χ3v) is 5.73. The lowest BCUT2D eigenvalue weighted by atomic mass is 9.78. The quantitative estimate of drug-likeness (QED) is 0.679. The molecule has 3 heterocycles. The Morgan fingerprint density at radius 1 is 1.23 bits per heavy atom. The monoisotopic (exact) mass is 405 g/mol. The van der Waals surface area contributed by atoms with Crippen LogP contribution in [0.4, 0.5) is 0 Å². The number of aryl methyl sites for hydroxylation is 2. The molecule has 2 aromatic heterocycles. The van der Waals surface area contributed by atoms with Crippen molar-refractivity contribution < 1.29 is 9.90 Å². The van der Waals surface area contributed by atoms with Crippen molar-refractivity contribution in [3.63, 3.8) is 0 Å². The molecule has 7 heteroatoms. The Morgan fingerprint density at radius 3 is 2.70 bits per heavy atom. The fraction of sp³-hybridized carbons (Fsp3) is 0.348. The summed E-state index contributed by atoms with van der Waals surface area (Å²) in [6, 6.07) is 15.1. The van der Waals surface area contributed by atoms with Crippen LogP contribution in [0.25, 0.3) is 0 Å². The van der Waals surface area contributed by atoms with Gasteiger partial charge in [0.05, 0.1) is 17.8 Å². The minimum Gasteiger partial charge on any atom is -0.389 e. The van der Waals surface area contributed by atoms with Crippen LogP contribution in [0.1, 0.15) is 33.7 Å². The molecular formula is C23H27N5O2. The third-order valence-electron chi connectivity index (χ3n) is 5.73. The Bertz CT molecular complexity index is 1020. The molecule has 0 aliphatic carbocycles. The number of aliphatic hydroxyl groups excluding tert-OH is 1. The smallest absolute Gasteiger partial charge is 0.270 e. The van der Waals surface area contributed by atoms with E-state index < -0.39 is 11.6 Å². The summed E-state index contributed by atoms with van der Waals surface area (Å²) in [4.78, 5) is 19.6. The highest BCUT2D eigenvalue weighted by molar-refractivity contribution is 5.93. The number of pyridine rings is 1. The van der Waals surface area contributed by atoms with Crippen LogP contribution in [0.15, 0.2) is 60.9 Å². The van der Waals surface area contributed by atoms with Crippen molar-refractivity contribution in [1.29, 1.82) is 0 Å². The maximum Gasteiger partial charge on any atom is 0.270 e. The molecule has 30 heavy (non-hydrogen) atoms. The van der Waals surface area contributed by atoms with E-state index in [1.807, 2.05) is 68.8 Å². The van der Waals surface area contributed by atoms with E-state index in [1.165, 1.54) is 0 Å². The average molecular weight is 406 g/mol. The number of hydrogen-bond acceptors (Lipinski definition) is 5. The van der Waals surface area contributed by atoms with Gasteiger partial charge < -0.3 is 10.4 Å². The topological polar surface area (TPSA) is 83.3 Å². The fourth-order valence-electron chi connectivity index (χ4n) is 4.17. The first-order chi connectivity index (χ1) is 14.5. The summed E-state index contributed by atoms with van der Waals surface area (Å²) < 4.78 is 1.78. The zero-order valence-electron chi connectivity index (χ0n) is 17.3. The number of benzene rings is 1. The number of likely N-dealkylation sites (tertiary alicyclic amines) is 1. The van der Waals surface area contributed by atoms with Gasteiger partial charge in [0.1, 0.15) is 5.69 Å². The summed E-state index contributed by atoms with van der Waals surface area (Å²) in [5.74, 6) is -0.276. The van der Waals surface area contributed by atoms with E-state index >= 15 is 0 Å². The van der Waals surface area contributed by atoms with Gasteiger partial charge in [0.25, 0.3) is 5.91 Å². The second-order valence-electron chi connectivity index (χ2n) is 7.98. The van der Waals surface area contributed by atoms with Crippen molar-refractivity contribution in [2.24, 2.45) is 7.05 Å². The van der Waals surface area contributed by atoms with E-state index in [4.69, 9.17) is 0 Å². The Kier molecular flexibility index (Phi) is 5.65. The van der Waals surface area contributed by atoms with Crippen molar-refractivity contribution in [3.8, 4) is 0 Å². The Balaban J connectivity index is 1.58. The summed E-state index contributed by atoms with van der Waals surface area (Å²) in [5, 5.41) is 18.6. The lowest BCUT2D eigenvalue weighted by molar-refractivity contribution is -0.0181. The second-order valence-corrected chi connectivity index (χ2v) is 7.98. The molecule has 156 valence electrons. The van der Waals surface area contributed by atoms with Crippen LogP contribution in [0.5, 0.6) is 0 Å². The van der Waals surface area contributed by atoms with Crippen LogP contribution in [0.3, 0.4) is 0 Å². The minimum absolute atomic E-state index is 0.276. The number of aromatic nitrogens is 3. The Morgan fingerprint density at radius 2 is 2.03 bits per heavy atom. The molecular weight excluding hydrogens is 378 g/mol. The molecule has 2 N–H and O–H groups in total. The highest BCUT2D eigenvalue weighted by atomic mass is 16.3. The average Bonchev–Trinajstić information content (AvgIpc) is 3.15. The number of carbonyl (C=O) groups is 1. The zero-order valence-corrected chi connectivity index (χ0v) is 17.3. The van der Waals surface area contributed by atoms with E-state index in [1.54, 1.807) is 10.7 Å². The standard InChI is InChI=1S/C23H27N5O2/c1-17-7-6-10-20(25-17)22(30)26-23(19-8-4-3-5-9-19)11-12-28(16-21(23)29)15-18-13-24-27(2)14-18/h3-10,13-14,21,29H,11-12,15-16H2,1-2H3,(H,26,30)/t21-,23-/m1/s1. The number of nitrogens with zero attached hydrogens (tertiary/aromatic N) is 4. The number of carbonyl (C=O) groups excluding carboxylic acids is 1. The molecule has 1 aliphatic heterocycles. The van der Waals surface area contributed by atoms with Gasteiger partial charge in [0, 0.05) is 44.1 Å². The third kappa shape index (κ3) is 4.13. The number of nitrogens with one attached hydrogen (secondary N) is 1. The van der Waals surface area contributed by atoms with Gasteiger partial charge in [-0.25, -0.2) is 4.98 Å². The molecule has 1 saturated heterocycles. The molecule has 1 amide bonds. The predicted octanol–water partition coefficient (Wildman–Crippen LogP) is 2.02. The fourth-order valence-corrected chi connectivity index (χ4v) is 4.17. The number of aliphatic hydroxyl groups is 1.